The summed E-state index contributed by atoms with van der Waals surface area (Å²) in [6.07, 6.45) is 2.04. The highest BCUT2D eigenvalue weighted by atomic mass is 79.9. The molecule has 2 aromatic rings. The Hall–Kier alpha value is -2.28. The number of carbonyl (C=O) groups excluding carboxylic acids is 1. The number of rotatable bonds is 6. The Morgan fingerprint density at radius 2 is 2.04 bits per heavy atom. The fraction of sp³-hybridized carbons (Fsp3) is 0.333. The molecule has 0 aliphatic carbocycles. The lowest BCUT2D eigenvalue weighted by molar-refractivity contribution is 0.100. The molecule has 0 atom stereocenters. The van der Waals surface area contributed by atoms with E-state index in [0.717, 1.165) is 29.1 Å². The molecule has 134 valence electrons. The number of amides is 1. The molecule has 0 bridgehead atoms. The van der Waals surface area contributed by atoms with Crippen molar-refractivity contribution in [2.45, 2.75) is 20.0 Å². The Bertz CT molecular complexity index is 751. The quantitative estimate of drug-likeness (QED) is 0.572. The fourth-order valence-corrected chi connectivity index (χ4v) is 3.02. The molecule has 1 aromatic heterocycles. The molecular weight excluding hydrogens is 382 g/mol. The summed E-state index contributed by atoms with van der Waals surface area (Å²) in [5, 5.41) is 3.31. The number of nitrogens with two attached hydrogens (primary N) is 1. The fourth-order valence-electron chi connectivity index (χ4n) is 2.45. The van der Waals surface area contributed by atoms with Crippen molar-refractivity contribution in [3.05, 3.63) is 57.8 Å². The van der Waals surface area contributed by atoms with Gasteiger partial charge in [-0.25, -0.2) is 4.99 Å². The van der Waals surface area contributed by atoms with Crippen LogP contribution in [0.2, 0.25) is 0 Å². The van der Waals surface area contributed by atoms with Crippen molar-refractivity contribution in [3.63, 3.8) is 0 Å². The molecule has 0 saturated heterocycles. The van der Waals surface area contributed by atoms with Gasteiger partial charge in [0.25, 0.3) is 0 Å². The van der Waals surface area contributed by atoms with Crippen molar-refractivity contribution in [1.29, 1.82) is 0 Å². The van der Waals surface area contributed by atoms with Gasteiger partial charge in [0, 0.05) is 42.6 Å². The Morgan fingerprint density at radius 1 is 1.36 bits per heavy atom. The van der Waals surface area contributed by atoms with Crippen molar-refractivity contribution in [1.82, 2.24) is 14.8 Å². The minimum atomic E-state index is -0.420. The second kappa shape index (κ2) is 8.71. The number of halogens is 1. The first kappa shape index (κ1) is 19.1. The Labute approximate surface area is 156 Å². The third kappa shape index (κ3) is 5.35. The zero-order valence-electron chi connectivity index (χ0n) is 14.8. The van der Waals surface area contributed by atoms with E-state index in [9.17, 15) is 4.79 Å². The molecule has 0 aliphatic rings. The van der Waals surface area contributed by atoms with Crippen molar-refractivity contribution in [2.75, 3.05) is 13.6 Å². The highest BCUT2D eigenvalue weighted by molar-refractivity contribution is 9.10. The largest absolute Gasteiger partial charge is 0.366 e. The second-order valence-corrected chi connectivity index (χ2v) is 6.76. The minimum Gasteiger partial charge on any atom is -0.366 e. The highest BCUT2D eigenvalue weighted by Gasteiger charge is 2.09. The number of aryl methyl sites for hydroxylation is 1. The summed E-state index contributed by atoms with van der Waals surface area (Å²) >= 11 is 3.50. The summed E-state index contributed by atoms with van der Waals surface area (Å²) in [6.45, 7) is 4.11. The molecule has 3 N–H and O–H groups in total. The first-order valence-corrected chi connectivity index (χ1v) is 8.89. The normalized spacial score (nSPS) is 11.4. The van der Waals surface area contributed by atoms with Crippen LogP contribution < -0.4 is 11.1 Å². The van der Waals surface area contributed by atoms with Gasteiger partial charge in [0.05, 0.1) is 13.1 Å². The van der Waals surface area contributed by atoms with Crippen molar-refractivity contribution < 1.29 is 4.79 Å². The van der Waals surface area contributed by atoms with E-state index in [1.807, 2.05) is 39.3 Å². The molecule has 6 nitrogen and oxygen atoms in total. The number of primary amides is 1. The van der Waals surface area contributed by atoms with Gasteiger partial charge in [-0.3, -0.25) is 4.79 Å². The zero-order chi connectivity index (χ0) is 18.4. The molecule has 1 aromatic carbocycles. The number of benzene rings is 1. The number of aromatic nitrogens is 1. The summed E-state index contributed by atoms with van der Waals surface area (Å²) in [5.74, 6) is 0.413. The molecule has 25 heavy (non-hydrogen) atoms. The minimum absolute atomic E-state index is 0.420. The van der Waals surface area contributed by atoms with E-state index in [-0.39, 0.29) is 0 Å². The van der Waals surface area contributed by atoms with E-state index in [1.54, 1.807) is 12.1 Å². The first-order valence-electron chi connectivity index (χ1n) is 8.09. The molecule has 0 fully saturated rings. The number of hydrogen-bond acceptors (Lipinski definition) is 2. The predicted molar refractivity (Wildman–Crippen MR) is 104 cm³/mol. The smallest absolute Gasteiger partial charge is 0.248 e. The average Bonchev–Trinajstić information content (AvgIpc) is 2.89. The van der Waals surface area contributed by atoms with Crippen LogP contribution in [0, 0.1) is 0 Å². The molecule has 0 radical (unpaired) electrons. The van der Waals surface area contributed by atoms with E-state index >= 15 is 0 Å². The highest BCUT2D eigenvalue weighted by Crippen LogP contribution is 2.15. The summed E-state index contributed by atoms with van der Waals surface area (Å²) < 4.78 is 3.15. The van der Waals surface area contributed by atoms with Crippen LogP contribution in [0.1, 0.15) is 28.5 Å². The van der Waals surface area contributed by atoms with Gasteiger partial charge in [-0.15, -0.1) is 0 Å². The lowest BCUT2D eigenvalue weighted by Crippen LogP contribution is -2.38. The third-order valence-electron chi connectivity index (χ3n) is 3.82. The monoisotopic (exact) mass is 405 g/mol. The Kier molecular flexibility index (Phi) is 6.64. The summed E-state index contributed by atoms with van der Waals surface area (Å²) in [6, 6.07) is 9.31. The lowest BCUT2D eigenvalue weighted by Gasteiger charge is -2.22. The summed E-state index contributed by atoms with van der Waals surface area (Å²) in [5.41, 5.74) is 7.98. The molecule has 2 rings (SSSR count). The third-order valence-corrected chi connectivity index (χ3v) is 4.25. The van der Waals surface area contributed by atoms with Crippen LogP contribution in [-0.4, -0.2) is 34.9 Å². The first-order chi connectivity index (χ1) is 11.9. The number of nitrogens with zero attached hydrogens (tertiary/aromatic N) is 3. The topological polar surface area (TPSA) is 75.6 Å². The van der Waals surface area contributed by atoms with E-state index in [1.165, 1.54) is 5.69 Å². The van der Waals surface area contributed by atoms with Crippen LogP contribution in [-0.2, 0) is 20.1 Å². The van der Waals surface area contributed by atoms with Crippen molar-refractivity contribution >= 4 is 27.8 Å². The second-order valence-electron chi connectivity index (χ2n) is 5.85. The summed E-state index contributed by atoms with van der Waals surface area (Å²) in [4.78, 5) is 17.9. The SMILES string of the molecule is CCNC(=NCc1ccc(C(N)=O)cc1)N(C)Cc1cc(Br)cn1C. The molecular formula is C18H24BrN5O. The Morgan fingerprint density at radius 3 is 2.56 bits per heavy atom. The number of hydrogen-bond donors (Lipinski definition) is 2. The van der Waals surface area contributed by atoms with E-state index in [4.69, 9.17) is 5.73 Å². The van der Waals surface area contributed by atoms with Gasteiger partial charge in [0.15, 0.2) is 5.96 Å². The van der Waals surface area contributed by atoms with Gasteiger partial charge in [-0.1, -0.05) is 12.1 Å². The molecule has 1 heterocycles. The van der Waals surface area contributed by atoms with Crippen LogP contribution in [0.5, 0.6) is 0 Å². The average molecular weight is 406 g/mol. The molecule has 1 amide bonds. The van der Waals surface area contributed by atoms with Crippen LogP contribution in [0.15, 0.2) is 46.0 Å². The molecule has 0 saturated carbocycles. The van der Waals surface area contributed by atoms with Gasteiger partial charge >= 0.3 is 0 Å². The number of guanidine groups is 1. The van der Waals surface area contributed by atoms with Crippen molar-refractivity contribution in [2.24, 2.45) is 17.8 Å². The molecule has 0 spiro atoms. The number of aliphatic imine (C=N–C) groups is 1. The van der Waals surface area contributed by atoms with Gasteiger partial charge < -0.3 is 20.5 Å². The van der Waals surface area contributed by atoms with Gasteiger partial charge in [0.2, 0.25) is 5.91 Å². The maximum Gasteiger partial charge on any atom is 0.248 e. The number of nitrogens with one attached hydrogen (secondary N) is 1. The standard InChI is InChI=1S/C18H24BrN5O/c1-4-21-18(24(3)12-16-9-15(19)11-23(16)2)22-10-13-5-7-14(8-6-13)17(20)25/h5-9,11H,4,10,12H2,1-3H3,(H2,20,25)(H,21,22). The zero-order valence-corrected chi connectivity index (χ0v) is 16.4. The summed E-state index contributed by atoms with van der Waals surface area (Å²) in [7, 11) is 4.04. The van der Waals surface area contributed by atoms with E-state index in [2.05, 4.69) is 41.8 Å². The predicted octanol–water partition coefficient (Wildman–Crippen LogP) is 2.48. The van der Waals surface area contributed by atoms with Gasteiger partial charge in [0.1, 0.15) is 0 Å². The van der Waals surface area contributed by atoms with E-state index in [0.29, 0.717) is 12.1 Å². The van der Waals surface area contributed by atoms with E-state index < -0.39 is 5.91 Å². The lowest BCUT2D eigenvalue weighted by atomic mass is 10.1. The van der Waals surface area contributed by atoms with Gasteiger partial charge in [-0.2, -0.15) is 0 Å². The molecule has 0 unspecified atom stereocenters. The van der Waals surface area contributed by atoms with Crippen LogP contribution in [0.25, 0.3) is 0 Å². The molecule has 7 heteroatoms. The van der Waals surface area contributed by atoms with Crippen molar-refractivity contribution in [3.8, 4) is 0 Å². The maximum atomic E-state index is 11.1. The Balaban J connectivity index is 2.08. The van der Waals surface area contributed by atoms with Crippen LogP contribution in [0.4, 0.5) is 0 Å². The van der Waals surface area contributed by atoms with Gasteiger partial charge in [-0.05, 0) is 46.6 Å². The van der Waals surface area contributed by atoms with Crippen LogP contribution in [0.3, 0.4) is 0 Å². The number of carbonyl (C=O) groups is 1. The van der Waals surface area contributed by atoms with Crippen LogP contribution >= 0.6 is 15.9 Å². The molecule has 0 aliphatic heterocycles. The maximum absolute atomic E-state index is 11.1.